The van der Waals surface area contributed by atoms with Crippen LogP contribution in [-0.2, 0) is 0 Å². The third-order valence-corrected chi connectivity index (χ3v) is 3.55. The summed E-state index contributed by atoms with van der Waals surface area (Å²) in [5.41, 5.74) is 0.840. The van der Waals surface area contributed by atoms with Crippen LogP contribution >= 0.6 is 0 Å². The summed E-state index contributed by atoms with van der Waals surface area (Å²) in [6, 6.07) is 9.62. The summed E-state index contributed by atoms with van der Waals surface area (Å²) in [7, 11) is 0. The molecule has 1 fully saturated rings. The van der Waals surface area contributed by atoms with E-state index in [-0.39, 0.29) is 11.7 Å². The van der Waals surface area contributed by atoms with Crippen molar-refractivity contribution in [1.82, 2.24) is 4.90 Å². The number of hydrogen-bond donors (Lipinski definition) is 0. The van der Waals surface area contributed by atoms with Crippen molar-refractivity contribution in [2.45, 2.75) is 20.3 Å². The number of benzene rings is 1. The van der Waals surface area contributed by atoms with Gasteiger partial charge < -0.3 is 4.90 Å². The normalized spacial score (nSPS) is 22.6. The SMILES string of the molecule is CC1CCN(CC(C)C(=O)c2ccccc2)C1. The van der Waals surface area contributed by atoms with Crippen LogP contribution < -0.4 is 0 Å². The van der Waals surface area contributed by atoms with Gasteiger partial charge in [0.2, 0.25) is 0 Å². The summed E-state index contributed by atoms with van der Waals surface area (Å²) >= 11 is 0. The van der Waals surface area contributed by atoms with Gasteiger partial charge in [0.15, 0.2) is 5.78 Å². The molecule has 1 aromatic rings. The van der Waals surface area contributed by atoms with Gasteiger partial charge in [-0.15, -0.1) is 0 Å². The fourth-order valence-electron chi connectivity index (χ4n) is 2.55. The summed E-state index contributed by atoms with van der Waals surface area (Å²) in [4.78, 5) is 14.6. The molecule has 17 heavy (non-hydrogen) atoms. The smallest absolute Gasteiger partial charge is 0.166 e. The largest absolute Gasteiger partial charge is 0.302 e. The maximum Gasteiger partial charge on any atom is 0.166 e. The van der Waals surface area contributed by atoms with E-state index in [0.717, 1.165) is 31.1 Å². The Hall–Kier alpha value is -1.15. The molecule has 0 amide bonds. The van der Waals surface area contributed by atoms with Gasteiger partial charge in [-0.1, -0.05) is 44.2 Å². The predicted molar refractivity (Wildman–Crippen MR) is 70.2 cm³/mol. The minimum atomic E-state index is 0.0997. The van der Waals surface area contributed by atoms with E-state index in [9.17, 15) is 4.79 Å². The molecule has 0 aromatic heterocycles. The zero-order valence-corrected chi connectivity index (χ0v) is 10.7. The number of likely N-dealkylation sites (tertiary alicyclic amines) is 1. The number of ketones is 1. The van der Waals surface area contributed by atoms with Crippen LogP contribution in [0.1, 0.15) is 30.6 Å². The van der Waals surface area contributed by atoms with E-state index in [4.69, 9.17) is 0 Å². The second kappa shape index (κ2) is 5.46. The maximum absolute atomic E-state index is 12.2. The second-order valence-electron chi connectivity index (χ2n) is 5.28. The summed E-state index contributed by atoms with van der Waals surface area (Å²) in [5, 5.41) is 0. The van der Waals surface area contributed by atoms with Gasteiger partial charge in [0.25, 0.3) is 0 Å². The Kier molecular flexibility index (Phi) is 3.95. The van der Waals surface area contributed by atoms with E-state index in [1.165, 1.54) is 6.42 Å². The van der Waals surface area contributed by atoms with Crippen LogP contribution in [0.25, 0.3) is 0 Å². The van der Waals surface area contributed by atoms with Crippen LogP contribution in [-0.4, -0.2) is 30.3 Å². The molecule has 0 saturated carbocycles. The van der Waals surface area contributed by atoms with Gasteiger partial charge in [-0.05, 0) is 18.9 Å². The molecule has 0 radical (unpaired) electrons. The minimum Gasteiger partial charge on any atom is -0.302 e. The van der Waals surface area contributed by atoms with Crippen molar-refractivity contribution >= 4 is 5.78 Å². The molecule has 0 spiro atoms. The highest BCUT2D eigenvalue weighted by Gasteiger charge is 2.23. The van der Waals surface area contributed by atoms with Crippen molar-refractivity contribution in [2.75, 3.05) is 19.6 Å². The van der Waals surface area contributed by atoms with Crippen LogP contribution in [0.4, 0.5) is 0 Å². The maximum atomic E-state index is 12.2. The van der Waals surface area contributed by atoms with Crippen molar-refractivity contribution < 1.29 is 4.79 Å². The number of hydrogen-bond acceptors (Lipinski definition) is 2. The molecule has 2 nitrogen and oxygen atoms in total. The Bertz CT molecular complexity index is 374. The van der Waals surface area contributed by atoms with E-state index in [2.05, 4.69) is 11.8 Å². The van der Waals surface area contributed by atoms with Crippen LogP contribution in [0.5, 0.6) is 0 Å². The van der Waals surface area contributed by atoms with Gasteiger partial charge in [0, 0.05) is 24.6 Å². The zero-order chi connectivity index (χ0) is 12.3. The van der Waals surface area contributed by atoms with Gasteiger partial charge >= 0.3 is 0 Å². The fraction of sp³-hybridized carbons (Fsp3) is 0.533. The average Bonchev–Trinajstić information content (AvgIpc) is 2.75. The fourth-order valence-corrected chi connectivity index (χ4v) is 2.55. The van der Waals surface area contributed by atoms with Crippen LogP contribution in [0, 0.1) is 11.8 Å². The van der Waals surface area contributed by atoms with Gasteiger partial charge in [-0.25, -0.2) is 0 Å². The molecular formula is C15H21NO. The molecule has 1 aliphatic rings. The standard InChI is InChI=1S/C15H21NO/c1-12-8-9-16(10-12)11-13(2)15(17)14-6-4-3-5-7-14/h3-7,12-13H,8-11H2,1-2H3. The minimum absolute atomic E-state index is 0.0997. The number of Topliss-reactive ketones (excluding diaryl/α,β-unsaturated/α-hetero) is 1. The Balaban J connectivity index is 1.92. The van der Waals surface area contributed by atoms with Gasteiger partial charge in [-0.3, -0.25) is 4.79 Å². The summed E-state index contributed by atoms with van der Waals surface area (Å²) in [6.07, 6.45) is 1.27. The van der Waals surface area contributed by atoms with Crippen LogP contribution in [0.15, 0.2) is 30.3 Å². The van der Waals surface area contributed by atoms with E-state index in [1.54, 1.807) is 0 Å². The van der Waals surface area contributed by atoms with Crippen LogP contribution in [0.2, 0.25) is 0 Å². The lowest BCUT2D eigenvalue weighted by Crippen LogP contribution is -2.30. The summed E-state index contributed by atoms with van der Waals surface area (Å²) in [6.45, 7) is 7.51. The van der Waals surface area contributed by atoms with Gasteiger partial charge in [-0.2, -0.15) is 0 Å². The first-order valence-corrected chi connectivity index (χ1v) is 6.48. The monoisotopic (exact) mass is 231 g/mol. The number of rotatable bonds is 4. The van der Waals surface area contributed by atoms with Crippen molar-refractivity contribution in [3.05, 3.63) is 35.9 Å². The molecule has 0 bridgehead atoms. The van der Waals surface area contributed by atoms with E-state index in [0.29, 0.717) is 0 Å². The summed E-state index contributed by atoms with van der Waals surface area (Å²) in [5.74, 6) is 1.15. The van der Waals surface area contributed by atoms with Crippen molar-refractivity contribution in [1.29, 1.82) is 0 Å². The molecule has 0 aliphatic carbocycles. The predicted octanol–water partition coefficient (Wildman–Crippen LogP) is 2.85. The van der Waals surface area contributed by atoms with E-state index >= 15 is 0 Å². The molecule has 2 heteroatoms. The Morgan fingerprint density at radius 3 is 2.71 bits per heavy atom. The number of carbonyl (C=O) groups excluding carboxylic acids is 1. The topological polar surface area (TPSA) is 20.3 Å². The quantitative estimate of drug-likeness (QED) is 0.743. The highest BCUT2D eigenvalue weighted by atomic mass is 16.1. The molecule has 2 rings (SSSR count). The molecule has 2 unspecified atom stereocenters. The van der Waals surface area contributed by atoms with Gasteiger partial charge in [0.1, 0.15) is 0 Å². The third kappa shape index (κ3) is 3.16. The van der Waals surface area contributed by atoms with Crippen molar-refractivity contribution in [3.63, 3.8) is 0 Å². The summed E-state index contributed by atoms with van der Waals surface area (Å²) < 4.78 is 0. The molecule has 2 atom stereocenters. The molecule has 1 aliphatic heterocycles. The van der Waals surface area contributed by atoms with Crippen molar-refractivity contribution in [3.8, 4) is 0 Å². The first kappa shape index (κ1) is 12.3. The first-order valence-electron chi connectivity index (χ1n) is 6.48. The molecule has 92 valence electrons. The highest BCUT2D eigenvalue weighted by Crippen LogP contribution is 2.18. The number of carbonyl (C=O) groups is 1. The highest BCUT2D eigenvalue weighted by molar-refractivity contribution is 5.97. The average molecular weight is 231 g/mol. The molecule has 1 heterocycles. The first-order chi connectivity index (χ1) is 8.16. The Morgan fingerprint density at radius 2 is 2.12 bits per heavy atom. The lowest BCUT2D eigenvalue weighted by atomic mass is 9.99. The van der Waals surface area contributed by atoms with E-state index in [1.807, 2.05) is 37.3 Å². The lowest BCUT2D eigenvalue weighted by Gasteiger charge is -2.19. The third-order valence-electron chi connectivity index (χ3n) is 3.55. The number of nitrogens with zero attached hydrogens (tertiary/aromatic N) is 1. The molecule has 0 N–H and O–H groups in total. The molecule has 1 aromatic carbocycles. The van der Waals surface area contributed by atoms with Crippen molar-refractivity contribution in [2.24, 2.45) is 11.8 Å². The molecule has 1 saturated heterocycles. The van der Waals surface area contributed by atoms with Crippen LogP contribution in [0.3, 0.4) is 0 Å². The Labute approximate surface area is 104 Å². The zero-order valence-electron chi connectivity index (χ0n) is 10.7. The second-order valence-corrected chi connectivity index (χ2v) is 5.28. The molecular weight excluding hydrogens is 210 g/mol. The lowest BCUT2D eigenvalue weighted by molar-refractivity contribution is 0.0902. The van der Waals surface area contributed by atoms with E-state index < -0.39 is 0 Å². The Morgan fingerprint density at radius 1 is 1.41 bits per heavy atom. The van der Waals surface area contributed by atoms with Gasteiger partial charge in [0.05, 0.1) is 0 Å².